The summed E-state index contributed by atoms with van der Waals surface area (Å²) < 4.78 is 43.8. The highest BCUT2D eigenvalue weighted by atomic mass is 19.4. The zero-order valence-electron chi connectivity index (χ0n) is 11.1. The lowest BCUT2D eigenvalue weighted by Crippen LogP contribution is -2.31. The second-order valence-corrected chi connectivity index (χ2v) is 5.39. The molecule has 2 heterocycles. The van der Waals surface area contributed by atoms with E-state index in [0.29, 0.717) is 17.6 Å². The minimum Gasteiger partial charge on any atom is -0.497 e. The molecule has 2 aliphatic heterocycles. The summed E-state index contributed by atoms with van der Waals surface area (Å²) in [4.78, 5) is 0. The van der Waals surface area contributed by atoms with E-state index < -0.39 is 11.7 Å². The Morgan fingerprint density at radius 3 is 2.65 bits per heavy atom. The molecule has 1 N–H and O–H groups in total. The zero-order valence-corrected chi connectivity index (χ0v) is 11.1. The molecule has 5 heteroatoms. The highest BCUT2D eigenvalue weighted by Gasteiger charge is 2.33. The van der Waals surface area contributed by atoms with Crippen LogP contribution >= 0.6 is 0 Å². The third kappa shape index (κ3) is 2.54. The molecule has 20 heavy (non-hydrogen) atoms. The third-order valence-corrected chi connectivity index (χ3v) is 3.98. The number of ether oxygens (including phenoxy) is 1. The van der Waals surface area contributed by atoms with E-state index in [9.17, 15) is 13.2 Å². The quantitative estimate of drug-likeness (QED) is 0.895. The van der Waals surface area contributed by atoms with Gasteiger partial charge in [0.1, 0.15) is 5.75 Å². The van der Waals surface area contributed by atoms with Gasteiger partial charge in [0.15, 0.2) is 0 Å². The molecule has 2 aliphatic rings. The maximum Gasteiger partial charge on any atom is 0.416 e. The number of fused-ring (bicyclic) bond motifs is 2. The van der Waals surface area contributed by atoms with Gasteiger partial charge in [-0.3, -0.25) is 0 Å². The molecule has 1 fully saturated rings. The Balaban J connectivity index is 2.01. The molecule has 3 rings (SSSR count). The van der Waals surface area contributed by atoms with Crippen molar-refractivity contribution in [3.63, 3.8) is 0 Å². The molecular weight excluding hydrogens is 267 g/mol. The van der Waals surface area contributed by atoms with E-state index in [0.717, 1.165) is 30.9 Å². The highest BCUT2D eigenvalue weighted by Crippen LogP contribution is 2.37. The fourth-order valence-electron chi connectivity index (χ4n) is 3.00. The van der Waals surface area contributed by atoms with E-state index in [2.05, 4.69) is 11.4 Å². The Bertz CT molecular complexity index is 551. The number of rotatable bonds is 2. The first-order valence-corrected chi connectivity index (χ1v) is 6.69. The summed E-state index contributed by atoms with van der Waals surface area (Å²) >= 11 is 0. The first-order chi connectivity index (χ1) is 9.45. The van der Waals surface area contributed by atoms with Crippen LogP contribution in [-0.2, 0) is 6.18 Å². The minimum atomic E-state index is -4.35. The zero-order chi connectivity index (χ0) is 14.3. The van der Waals surface area contributed by atoms with Crippen molar-refractivity contribution in [1.29, 1.82) is 0 Å². The average Bonchev–Trinajstić information content (AvgIpc) is 2.76. The third-order valence-electron chi connectivity index (χ3n) is 3.98. The van der Waals surface area contributed by atoms with Crippen molar-refractivity contribution >= 4 is 5.57 Å². The number of alkyl halides is 3. The van der Waals surface area contributed by atoms with E-state index in [4.69, 9.17) is 4.74 Å². The number of methoxy groups -OCH3 is 1. The summed E-state index contributed by atoms with van der Waals surface area (Å²) in [6.45, 7) is 0. The SMILES string of the molecule is COc1cc(C2=CC3CCC(C2)N3)cc(C(F)(F)F)c1. The van der Waals surface area contributed by atoms with Gasteiger partial charge in [-0.05, 0) is 48.6 Å². The van der Waals surface area contributed by atoms with Gasteiger partial charge in [-0.25, -0.2) is 0 Å². The average molecular weight is 283 g/mol. The lowest BCUT2D eigenvalue weighted by Gasteiger charge is -2.22. The maximum atomic E-state index is 12.9. The number of halogens is 3. The van der Waals surface area contributed by atoms with Crippen LogP contribution in [0.15, 0.2) is 24.3 Å². The summed E-state index contributed by atoms with van der Waals surface area (Å²) in [5.41, 5.74) is 0.953. The van der Waals surface area contributed by atoms with Crippen LogP contribution in [0, 0.1) is 0 Å². The van der Waals surface area contributed by atoms with Crippen LogP contribution in [0.1, 0.15) is 30.4 Å². The Morgan fingerprint density at radius 2 is 2.00 bits per heavy atom. The highest BCUT2D eigenvalue weighted by molar-refractivity contribution is 5.70. The van der Waals surface area contributed by atoms with Crippen molar-refractivity contribution in [1.82, 2.24) is 5.32 Å². The van der Waals surface area contributed by atoms with Gasteiger partial charge in [0, 0.05) is 12.1 Å². The fourth-order valence-corrected chi connectivity index (χ4v) is 3.00. The van der Waals surface area contributed by atoms with Crippen LogP contribution in [0.4, 0.5) is 13.2 Å². The van der Waals surface area contributed by atoms with Crippen molar-refractivity contribution in [2.75, 3.05) is 7.11 Å². The first-order valence-electron chi connectivity index (χ1n) is 6.69. The van der Waals surface area contributed by atoms with Gasteiger partial charge in [0.25, 0.3) is 0 Å². The number of benzene rings is 1. The van der Waals surface area contributed by atoms with Crippen LogP contribution in [0.5, 0.6) is 5.75 Å². The van der Waals surface area contributed by atoms with E-state index in [-0.39, 0.29) is 5.75 Å². The predicted molar refractivity (Wildman–Crippen MR) is 70.5 cm³/mol. The molecule has 0 amide bonds. The number of hydrogen-bond acceptors (Lipinski definition) is 2. The standard InChI is InChI=1S/C15H16F3NO/c1-20-14-7-9(4-11(8-14)15(16,17)18)10-5-12-2-3-13(6-10)19-12/h4-5,7-8,12-13,19H,2-3,6H2,1H3. The minimum absolute atomic E-state index is 0.251. The number of hydrogen-bond donors (Lipinski definition) is 1. The van der Waals surface area contributed by atoms with Crippen molar-refractivity contribution in [2.45, 2.75) is 37.5 Å². The second kappa shape index (κ2) is 4.81. The molecule has 0 aliphatic carbocycles. The molecular formula is C15H16F3NO. The lowest BCUT2D eigenvalue weighted by atomic mass is 9.94. The Kier molecular flexibility index (Phi) is 3.24. The van der Waals surface area contributed by atoms with Gasteiger partial charge < -0.3 is 10.1 Å². The lowest BCUT2D eigenvalue weighted by molar-refractivity contribution is -0.137. The first kappa shape index (κ1) is 13.5. The molecule has 0 spiro atoms. The summed E-state index contributed by atoms with van der Waals surface area (Å²) in [5.74, 6) is 0.251. The van der Waals surface area contributed by atoms with Crippen molar-refractivity contribution in [3.05, 3.63) is 35.4 Å². The predicted octanol–water partition coefficient (Wildman–Crippen LogP) is 3.62. The van der Waals surface area contributed by atoms with Crippen molar-refractivity contribution in [2.24, 2.45) is 0 Å². The van der Waals surface area contributed by atoms with Crippen LogP contribution in [0.3, 0.4) is 0 Å². The molecule has 2 bridgehead atoms. The topological polar surface area (TPSA) is 21.3 Å². The molecule has 0 saturated carbocycles. The Morgan fingerprint density at radius 1 is 1.20 bits per heavy atom. The van der Waals surface area contributed by atoms with Crippen LogP contribution < -0.4 is 10.1 Å². The normalized spacial score (nSPS) is 25.5. The summed E-state index contributed by atoms with van der Waals surface area (Å²) in [7, 11) is 1.39. The van der Waals surface area contributed by atoms with Gasteiger partial charge in [-0.1, -0.05) is 6.08 Å². The molecule has 2 atom stereocenters. The molecule has 0 aromatic heterocycles. The van der Waals surface area contributed by atoms with Crippen molar-refractivity contribution < 1.29 is 17.9 Å². The van der Waals surface area contributed by atoms with Gasteiger partial charge >= 0.3 is 6.18 Å². The molecule has 108 valence electrons. The van der Waals surface area contributed by atoms with E-state index in [1.165, 1.54) is 13.2 Å². The van der Waals surface area contributed by atoms with Crippen LogP contribution in [0.25, 0.3) is 5.57 Å². The van der Waals surface area contributed by atoms with E-state index in [1.807, 2.05) is 0 Å². The van der Waals surface area contributed by atoms with Gasteiger partial charge in [-0.15, -0.1) is 0 Å². The molecule has 1 aromatic carbocycles. The summed E-state index contributed by atoms with van der Waals surface area (Å²) in [6, 6.07) is 4.63. The van der Waals surface area contributed by atoms with E-state index >= 15 is 0 Å². The largest absolute Gasteiger partial charge is 0.497 e. The molecule has 2 unspecified atom stereocenters. The Labute approximate surface area is 115 Å². The van der Waals surface area contributed by atoms with Crippen molar-refractivity contribution in [3.8, 4) is 5.75 Å². The van der Waals surface area contributed by atoms with Gasteiger partial charge in [0.2, 0.25) is 0 Å². The molecule has 1 saturated heterocycles. The summed E-state index contributed by atoms with van der Waals surface area (Å²) in [6.07, 6.45) is 0.625. The molecule has 0 radical (unpaired) electrons. The van der Waals surface area contributed by atoms with Crippen LogP contribution in [-0.4, -0.2) is 19.2 Å². The fraction of sp³-hybridized carbons (Fsp3) is 0.467. The Hall–Kier alpha value is -1.49. The summed E-state index contributed by atoms with van der Waals surface area (Å²) in [5, 5.41) is 3.43. The maximum absolute atomic E-state index is 12.9. The number of nitrogens with one attached hydrogen (secondary N) is 1. The molecule has 1 aromatic rings. The molecule has 2 nitrogen and oxygen atoms in total. The second-order valence-electron chi connectivity index (χ2n) is 5.39. The van der Waals surface area contributed by atoms with Gasteiger partial charge in [-0.2, -0.15) is 13.2 Å². The van der Waals surface area contributed by atoms with Gasteiger partial charge in [0.05, 0.1) is 12.7 Å². The monoisotopic (exact) mass is 283 g/mol. The van der Waals surface area contributed by atoms with Crippen LogP contribution in [0.2, 0.25) is 0 Å². The smallest absolute Gasteiger partial charge is 0.416 e. The van der Waals surface area contributed by atoms with E-state index in [1.54, 1.807) is 6.07 Å².